The first-order valence-corrected chi connectivity index (χ1v) is 5.95. The number of esters is 1. The predicted molar refractivity (Wildman–Crippen MR) is 59.2 cm³/mol. The molecule has 9 heteroatoms. The van der Waals surface area contributed by atoms with E-state index in [2.05, 4.69) is 30.4 Å². The fourth-order valence-electron chi connectivity index (χ4n) is 1.20. The summed E-state index contributed by atoms with van der Waals surface area (Å²) in [6.45, 7) is 0. The second-order valence-corrected chi connectivity index (χ2v) is 3.87. The van der Waals surface area contributed by atoms with E-state index in [1.165, 1.54) is 0 Å². The van der Waals surface area contributed by atoms with Crippen LogP contribution in [0.15, 0.2) is 6.07 Å². The maximum Gasteiger partial charge on any atom is 0.574 e. The number of halogens is 5. The smallest absolute Gasteiger partial charge is 0.469 e. The van der Waals surface area contributed by atoms with Crippen molar-refractivity contribution in [1.82, 2.24) is 4.98 Å². The Labute approximate surface area is 113 Å². The van der Waals surface area contributed by atoms with Crippen LogP contribution in [0.2, 0.25) is 0 Å². The monoisotopic (exact) mass is 345 g/mol. The molecular formula is C10H8BrF4NO3. The maximum atomic E-state index is 13.7. The minimum Gasteiger partial charge on any atom is -0.469 e. The minimum atomic E-state index is -5.03. The second kappa shape index (κ2) is 6.18. The number of pyridine rings is 1. The lowest BCUT2D eigenvalue weighted by atomic mass is 10.1. The molecule has 0 atom stereocenters. The second-order valence-electron chi connectivity index (χ2n) is 3.31. The Kier molecular flexibility index (Phi) is 5.10. The Bertz CT molecular complexity index is 479. The molecule has 0 bridgehead atoms. The SMILES string of the molecule is COC(=O)Cc1c(F)cc(CBr)nc1OC(F)(F)F. The average Bonchev–Trinajstić information content (AvgIpc) is 2.30. The maximum absolute atomic E-state index is 13.7. The number of ether oxygens (including phenoxy) is 2. The molecule has 1 rings (SSSR count). The van der Waals surface area contributed by atoms with Crippen molar-refractivity contribution in [2.75, 3.05) is 7.11 Å². The fourth-order valence-corrected chi connectivity index (χ4v) is 1.49. The van der Waals surface area contributed by atoms with Crippen molar-refractivity contribution in [3.05, 3.63) is 23.1 Å². The fraction of sp³-hybridized carbons (Fsp3) is 0.400. The van der Waals surface area contributed by atoms with Gasteiger partial charge in [0.1, 0.15) is 5.82 Å². The summed E-state index contributed by atoms with van der Waals surface area (Å²) in [5, 5.41) is 0.0383. The Hall–Kier alpha value is -1.38. The van der Waals surface area contributed by atoms with Crippen molar-refractivity contribution in [3.8, 4) is 5.88 Å². The van der Waals surface area contributed by atoms with Crippen LogP contribution in [0.3, 0.4) is 0 Å². The number of carbonyl (C=O) groups is 1. The van der Waals surface area contributed by atoms with Gasteiger partial charge >= 0.3 is 12.3 Å². The van der Waals surface area contributed by atoms with Crippen LogP contribution in [0.25, 0.3) is 0 Å². The number of hydrogen-bond donors (Lipinski definition) is 0. The third-order valence-corrected chi connectivity index (χ3v) is 2.56. The van der Waals surface area contributed by atoms with Gasteiger partial charge in [-0.2, -0.15) is 0 Å². The highest BCUT2D eigenvalue weighted by atomic mass is 79.9. The standard InChI is InChI=1S/C10H8BrF4NO3/c1-18-8(17)3-6-7(12)2-5(4-11)16-9(6)19-10(13,14)15/h2H,3-4H2,1H3. The molecular weight excluding hydrogens is 338 g/mol. The van der Waals surface area contributed by atoms with Gasteiger partial charge in [-0.1, -0.05) is 15.9 Å². The molecule has 1 aromatic rings. The van der Waals surface area contributed by atoms with Crippen molar-refractivity contribution in [2.45, 2.75) is 18.1 Å². The Morgan fingerprint density at radius 1 is 1.47 bits per heavy atom. The molecule has 4 nitrogen and oxygen atoms in total. The van der Waals surface area contributed by atoms with Crippen LogP contribution in [0.4, 0.5) is 17.6 Å². The number of rotatable bonds is 4. The van der Waals surface area contributed by atoms with Gasteiger partial charge < -0.3 is 9.47 Å². The lowest BCUT2D eigenvalue weighted by Crippen LogP contribution is -2.21. The molecule has 106 valence electrons. The van der Waals surface area contributed by atoms with Crippen LogP contribution in [-0.4, -0.2) is 24.4 Å². The molecule has 0 saturated heterocycles. The number of aromatic nitrogens is 1. The molecule has 0 spiro atoms. The number of carbonyl (C=O) groups excluding carboxylic acids is 1. The van der Waals surface area contributed by atoms with E-state index in [4.69, 9.17) is 0 Å². The highest BCUT2D eigenvalue weighted by Crippen LogP contribution is 2.28. The lowest BCUT2D eigenvalue weighted by molar-refractivity contribution is -0.276. The van der Waals surface area contributed by atoms with Crippen molar-refractivity contribution in [1.29, 1.82) is 0 Å². The van der Waals surface area contributed by atoms with E-state index in [1.54, 1.807) is 0 Å². The van der Waals surface area contributed by atoms with Gasteiger partial charge in [-0.25, -0.2) is 9.37 Å². The quantitative estimate of drug-likeness (QED) is 0.478. The van der Waals surface area contributed by atoms with Crippen LogP contribution in [0.1, 0.15) is 11.3 Å². The first kappa shape index (κ1) is 15.7. The third-order valence-electron chi connectivity index (χ3n) is 1.98. The Morgan fingerprint density at radius 3 is 2.58 bits per heavy atom. The topological polar surface area (TPSA) is 48.4 Å². The molecule has 0 amide bonds. The zero-order valence-electron chi connectivity index (χ0n) is 9.55. The number of methoxy groups -OCH3 is 1. The molecule has 0 N–H and O–H groups in total. The van der Waals surface area contributed by atoms with Crippen LogP contribution < -0.4 is 4.74 Å². The van der Waals surface area contributed by atoms with Crippen LogP contribution in [0, 0.1) is 5.82 Å². The van der Waals surface area contributed by atoms with E-state index in [9.17, 15) is 22.4 Å². The van der Waals surface area contributed by atoms with Crippen molar-refractivity contribution in [3.63, 3.8) is 0 Å². The van der Waals surface area contributed by atoms with Crippen molar-refractivity contribution < 1.29 is 31.8 Å². The highest BCUT2D eigenvalue weighted by molar-refractivity contribution is 9.08. The van der Waals surface area contributed by atoms with Gasteiger partial charge in [0.2, 0.25) is 5.88 Å². The molecule has 0 aliphatic carbocycles. The molecule has 19 heavy (non-hydrogen) atoms. The van der Waals surface area contributed by atoms with Crippen LogP contribution in [0.5, 0.6) is 5.88 Å². The molecule has 0 saturated carbocycles. The van der Waals surface area contributed by atoms with Gasteiger partial charge in [0, 0.05) is 5.33 Å². The summed E-state index contributed by atoms with van der Waals surface area (Å²) in [7, 11) is 1.03. The summed E-state index contributed by atoms with van der Waals surface area (Å²) in [6, 6.07) is 0.913. The number of hydrogen-bond acceptors (Lipinski definition) is 4. The van der Waals surface area contributed by atoms with Crippen molar-refractivity contribution in [2.24, 2.45) is 0 Å². The largest absolute Gasteiger partial charge is 0.574 e. The van der Waals surface area contributed by atoms with E-state index in [0.29, 0.717) is 0 Å². The van der Waals surface area contributed by atoms with Gasteiger partial charge in [-0.3, -0.25) is 4.79 Å². The summed E-state index contributed by atoms with van der Waals surface area (Å²) in [4.78, 5) is 14.5. The van der Waals surface area contributed by atoms with E-state index in [0.717, 1.165) is 13.2 Å². The molecule has 1 aromatic heterocycles. The van der Waals surface area contributed by atoms with E-state index >= 15 is 0 Å². The molecule has 0 unspecified atom stereocenters. The zero-order chi connectivity index (χ0) is 14.6. The number of alkyl halides is 4. The highest BCUT2D eigenvalue weighted by Gasteiger charge is 2.34. The molecule has 0 radical (unpaired) electrons. The minimum absolute atomic E-state index is 0.00497. The van der Waals surface area contributed by atoms with Gasteiger partial charge in [0.05, 0.1) is 24.8 Å². The normalized spacial score (nSPS) is 11.3. The third kappa shape index (κ3) is 4.66. The van der Waals surface area contributed by atoms with E-state index in [1.807, 2.05) is 0 Å². The average molecular weight is 346 g/mol. The van der Waals surface area contributed by atoms with Crippen LogP contribution >= 0.6 is 15.9 Å². The predicted octanol–water partition coefficient (Wildman–Crippen LogP) is 2.73. The van der Waals surface area contributed by atoms with Gasteiger partial charge in [0.15, 0.2) is 0 Å². The first-order chi connectivity index (χ1) is 8.76. The van der Waals surface area contributed by atoms with Crippen molar-refractivity contribution >= 4 is 21.9 Å². The summed E-state index contributed by atoms with van der Waals surface area (Å²) >= 11 is 2.94. The van der Waals surface area contributed by atoms with Crippen LogP contribution in [-0.2, 0) is 21.3 Å². The Morgan fingerprint density at radius 2 is 2.11 bits per heavy atom. The molecule has 0 aliphatic heterocycles. The van der Waals surface area contributed by atoms with Gasteiger partial charge in [-0.15, -0.1) is 13.2 Å². The molecule has 1 heterocycles. The van der Waals surface area contributed by atoms with E-state index < -0.39 is 36.0 Å². The Balaban J connectivity index is 3.21. The van der Waals surface area contributed by atoms with Gasteiger partial charge in [0.25, 0.3) is 0 Å². The zero-order valence-corrected chi connectivity index (χ0v) is 11.1. The molecule has 0 aromatic carbocycles. The summed E-state index contributed by atoms with van der Waals surface area (Å²) in [5.41, 5.74) is -0.598. The first-order valence-electron chi connectivity index (χ1n) is 4.83. The summed E-state index contributed by atoms with van der Waals surface area (Å²) in [5.74, 6) is -2.92. The van der Waals surface area contributed by atoms with E-state index in [-0.39, 0.29) is 11.0 Å². The molecule has 0 fully saturated rings. The summed E-state index contributed by atoms with van der Waals surface area (Å²) in [6.07, 6.45) is -5.74. The van der Waals surface area contributed by atoms with Gasteiger partial charge in [-0.05, 0) is 6.07 Å². The summed E-state index contributed by atoms with van der Waals surface area (Å²) < 4.78 is 58.1. The lowest BCUT2D eigenvalue weighted by Gasteiger charge is -2.13. The number of nitrogens with zero attached hydrogens (tertiary/aromatic N) is 1. The molecule has 0 aliphatic rings.